The van der Waals surface area contributed by atoms with E-state index in [9.17, 15) is 0 Å². The third kappa shape index (κ3) is 5.96. The summed E-state index contributed by atoms with van der Waals surface area (Å²) in [5.41, 5.74) is 14.1. The minimum Gasteiger partial charge on any atom is -0.310 e. The van der Waals surface area contributed by atoms with Gasteiger partial charge >= 0.3 is 0 Å². The number of benzene rings is 11. The highest BCUT2D eigenvalue weighted by atomic mass is 15.1. The van der Waals surface area contributed by atoms with E-state index in [4.69, 9.17) is 0 Å². The summed E-state index contributed by atoms with van der Waals surface area (Å²) in [7, 11) is 0. The molecule has 0 spiro atoms. The monoisotopic (exact) mass is 788 g/mol. The number of aromatic nitrogens is 1. The normalized spacial score (nSPS) is 11.5. The molecule has 0 N–H and O–H groups in total. The summed E-state index contributed by atoms with van der Waals surface area (Å²) < 4.78 is 2.45. The van der Waals surface area contributed by atoms with Crippen molar-refractivity contribution in [3.05, 3.63) is 243 Å². The van der Waals surface area contributed by atoms with Crippen molar-refractivity contribution in [3.63, 3.8) is 0 Å². The summed E-state index contributed by atoms with van der Waals surface area (Å²) >= 11 is 0. The molecule has 0 aliphatic rings. The predicted molar refractivity (Wildman–Crippen MR) is 264 cm³/mol. The van der Waals surface area contributed by atoms with Gasteiger partial charge in [-0.15, -0.1) is 0 Å². The van der Waals surface area contributed by atoms with Gasteiger partial charge in [-0.3, -0.25) is 0 Å². The Hall–Kier alpha value is -8.20. The molecule has 2 nitrogen and oxygen atoms in total. The number of fused-ring (bicyclic) bond motifs is 8. The molecule has 0 unspecified atom stereocenters. The largest absolute Gasteiger partial charge is 0.310 e. The van der Waals surface area contributed by atoms with Crippen LogP contribution in [0.3, 0.4) is 0 Å². The molecule has 0 saturated heterocycles. The van der Waals surface area contributed by atoms with E-state index in [1.54, 1.807) is 0 Å². The zero-order chi connectivity index (χ0) is 41.0. The summed E-state index contributed by atoms with van der Waals surface area (Å²) in [6.45, 7) is 0. The lowest BCUT2D eigenvalue weighted by molar-refractivity contribution is 1.19. The lowest BCUT2D eigenvalue weighted by Crippen LogP contribution is -2.11. The first-order valence-electron chi connectivity index (χ1n) is 21.3. The van der Waals surface area contributed by atoms with Crippen LogP contribution in [0, 0.1) is 0 Å². The standard InChI is InChI=1S/C60H40N2/c1-3-16-41(17-4-1)44-20-13-21-45(38-44)42-32-35-49(36-33-42)61(58-40-47-19-8-9-26-51(47)54-28-11-12-29-55(54)58)50-25-14-22-46(39-50)52-30-15-31-57-59(52)56-37-34-43-18-7-10-27-53(43)60(56)62(57)48-23-5-2-6-24-48/h1-40H. The van der Waals surface area contributed by atoms with Gasteiger partial charge in [0, 0.05) is 38.6 Å². The van der Waals surface area contributed by atoms with Crippen molar-refractivity contribution in [2.75, 3.05) is 4.90 Å². The molecule has 0 saturated carbocycles. The second kappa shape index (κ2) is 14.8. The van der Waals surface area contributed by atoms with Gasteiger partial charge in [0.2, 0.25) is 0 Å². The van der Waals surface area contributed by atoms with E-state index in [0.717, 1.165) is 28.3 Å². The average molecular weight is 789 g/mol. The van der Waals surface area contributed by atoms with Crippen molar-refractivity contribution < 1.29 is 0 Å². The third-order valence-electron chi connectivity index (χ3n) is 12.5. The molecule has 0 amide bonds. The van der Waals surface area contributed by atoms with Crippen LogP contribution in [0.5, 0.6) is 0 Å². The minimum absolute atomic E-state index is 1.09. The molecule has 1 heterocycles. The Labute approximate surface area is 360 Å². The van der Waals surface area contributed by atoms with Gasteiger partial charge in [0.15, 0.2) is 0 Å². The fourth-order valence-electron chi connectivity index (χ4n) is 9.68. The van der Waals surface area contributed by atoms with Crippen LogP contribution in [-0.2, 0) is 0 Å². The Morgan fingerprint density at radius 1 is 0.306 bits per heavy atom. The third-order valence-corrected chi connectivity index (χ3v) is 12.5. The van der Waals surface area contributed by atoms with Crippen molar-refractivity contribution in [1.82, 2.24) is 4.57 Å². The van der Waals surface area contributed by atoms with E-state index in [1.807, 2.05) is 0 Å². The van der Waals surface area contributed by atoms with E-state index in [-0.39, 0.29) is 0 Å². The summed E-state index contributed by atoms with van der Waals surface area (Å²) in [5, 5.41) is 9.88. The minimum atomic E-state index is 1.09. The Morgan fingerprint density at radius 2 is 0.903 bits per heavy atom. The second-order valence-corrected chi connectivity index (χ2v) is 16.1. The Morgan fingerprint density at radius 3 is 1.69 bits per heavy atom. The van der Waals surface area contributed by atoms with Crippen molar-refractivity contribution in [2.24, 2.45) is 0 Å². The van der Waals surface area contributed by atoms with E-state index in [2.05, 4.69) is 252 Å². The van der Waals surface area contributed by atoms with Crippen molar-refractivity contribution in [2.45, 2.75) is 0 Å². The van der Waals surface area contributed by atoms with Gasteiger partial charge in [-0.2, -0.15) is 0 Å². The Kier molecular flexibility index (Phi) is 8.53. The molecule has 0 aliphatic heterocycles. The van der Waals surface area contributed by atoms with Crippen LogP contribution in [0.1, 0.15) is 0 Å². The molecule has 290 valence electrons. The van der Waals surface area contributed by atoms with Gasteiger partial charge in [0.25, 0.3) is 0 Å². The Balaban J connectivity index is 1.06. The first kappa shape index (κ1) is 35.7. The van der Waals surface area contributed by atoms with E-state index in [0.29, 0.717) is 0 Å². The van der Waals surface area contributed by atoms with E-state index < -0.39 is 0 Å². The molecule has 2 heteroatoms. The maximum Gasteiger partial charge on any atom is 0.0619 e. The molecule has 0 aliphatic carbocycles. The second-order valence-electron chi connectivity index (χ2n) is 16.1. The fourth-order valence-corrected chi connectivity index (χ4v) is 9.68. The molecule has 0 atom stereocenters. The number of para-hydroxylation sites is 1. The molecular weight excluding hydrogens is 749 g/mol. The number of anilines is 3. The lowest BCUT2D eigenvalue weighted by atomic mass is 9.96. The van der Waals surface area contributed by atoms with Crippen LogP contribution < -0.4 is 4.90 Å². The van der Waals surface area contributed by atoms with Crippen LogP contribution >= 0.6 is 0 Å². The van der Waals surface area contributed by atoms with Crippen molar-refractivity contribution in [1.29, 1.82) is 0 Å². The lowest BCUT2D eigenvalue weighted by Gasteiger charge is -2.28. The average Bonchev–Trinajstić information content (AvgIpc) is 3.70. The SMILES string of the molecule is c1ccc(-c2cccc(-c3ccc(N(c4cccc(-c5cccc6c5c5ccc7ccccc7c5n6-c5ccccc5)c4)c4cc5ccccc5c5ccccc45)cc3)c2)cc1. The van der Waals surface area contributed by atoms with Crippen LogP contribution in [0.15, 0.2) is 243 Å². The van der Waals surface area contributed by atoms with Crippen molar-refractivity contribution >= 4 is 71.2 Å². The van der Waals surface area contributed by atoms with E-state index in [1.165, 1.54) is 81.9 Å². The Bertz CT molecular complexity index is 3620. The molecule has 0 bridgehead atoms. The zero-order valence-corrected chi connectivity index (χ0v) is 34.0. The highest BCUT2D eigenvalue weighted by Crippen LogP contribution is 2.46. The molecule has 1 aromatic heterocycles. The summed E-state index contributed by atoms with van der Waals surface area (Å²) in [4.78, 5) is 2.45. The summed E-state index contributed by atoms with van der Waals surface area (Å²) in [5.74, 6) is 0. The highest BCUT2D eigenvalue weighted by Gasteiger charge is 2.21. The number of hydrogen-bond acceptors (Lipinski definition) is 1. The molecule has 0 radical (unpaired) electrons. The zero-order valence-electron chi connectivity index (χ0n) is 34.0. The quantitative estimate of drug-likeness (QED) is 0.146. The van der Waals surface area contributed by atoms with Crippen LogP contribution in [0.2, 0.25) is 0 Å². The fraction of sp³-hybridized carbons (Fsp3) is 0. The van der Waals surface area contributed by atoms with Gasteiger partial charge < -0.3 is 9.47 Å². The van der Waals surface area contributed by atoms with Crippen LogP contribution in [0.4, 0.5) is 17.1 Å². The summed E-state index contributed by atoms with van der Waals surface area (Å²) in [6, 6.07) is 88.5. The molecule has 12 rings (SSSR count). The van der Waals surface area contributed by atoms with Gasteiger partial charge in [0.05, 0.1) is 16.7 Å². The molecule has 12 aromatic rings. The van der Waals surface area contributed by atoms with Gasteiger partial charge in [0.1, 0.15) is 0 Å². The summed E-state index contributed by atoms with van der Waals surface area (Å²) in [6.07, 6.45) is 0. The maximum atomic E-state index is 2.45. The molecule has 11 aromatic carbocycles. The first-order valence-corrected chi connectivity index (χ1v) is 21.3. The van der Waals surface area contributed by atoms with Crippen molar-refractivity contribution in [3.8, 4) is 39.1 Å². The van der Waals surface area contributed by atoms with Crippen LogP contribution in [-0.4, -0.2) is 4.57 Å². The van der Waals surface area contributed by atoms with Crippen LogP contribution in [0.25, 0.3) is 93.2 Å². The van der Waals surface area contributed by atoms with Gasteiger partial charge in [-0.25, -0.2) is 0 Å². The molecule has 62 heavy (non-hydrogen) atoms. The topological polar surface area (TPSA) is 8.17 Å². The first-order chi connectivity index (χ1) is 30.8. The van der Waals surface area contributed by atoms with Gasteiger partial charge in [-0.05, 0) is 110 Å². The maximum absolute atomic E-state index is 2.45. The van der Waals surface area contributed by atoms with E-state index >= 15 is 0 Å². The number of rotatable bonds is 7. The highest BCUT2D eigenvalue weighted by molar-refractivity contribution is 6.22. The number of hydrogen-bond donors (Lipinski definition) is 0. The smallest absolute Gasteiger partial charge is 0.0619 e. The number of nitrogens with zero attached hydrogens (tertiary/aromatic N) is 2. The molecule has 0 fully saturated rings. The predicted octanol–water partition coefficient (Wildman–Crippen LogP) is 16.7. The molecular formula is C60H40N2. The van der Waals surface area contributed by atoms with Gasteiger partial charge in [-0.1, -0.05) is 188 Å².